The van der Waals surface area contributed by atoms with E-state index in [-0.39, 0.29) is 6.61 Å². The summed E-state index contributed by atoms with van der Waals surface area (Å²) in [5.41, 5.74) is 1.45. The number of hydrogen-bond donors (Lipinski definition) is 1. The highest BCUT2D eigenvalue weighted by Crippen LogP contribution is 2.37. The normalized spacial score (nSPS) is 10.7. The van der Waals surface area contributed by atoms with Crippen LogP contribution >= 0.6 is 11.3 Å². The van der Waals surface area contributed by atoms with E-state index in [2.05, 4.69) is 15.3 Å². The topological polar surface area (TPSA) is 91.8 Å². The lowest BCUT2D eigenvalue weighted by Gasteiger charge is -2.13. The molecule has 0 aliphatic rings. The lowest BCUT2D eigenvalue weighted by molar-refractivity contribution is 0.0393. The van der Waals surface area contributed by atoms with E-state index in [0.717, 1.165) is 10.9 Å². The van der Waals surface area contributed by atoms with Gasteiger partial charge in [-0.1, -0.05) is 0 Å². The minimum absolute atomic E-state index is 0.195. The lowest BCUT2D eigenvalue weighted by Crippen LogP contribution is -2.09. The van der Waals surface area contributed by atoms with E-state index in [1.165, 1.54) is 17.7 Å². The predicted octanol–water partition coefficient (Wildman–Crippen LogP) is 3.56. The van der Waals surface area contributed by atoms with Crippen molar-refractivity contribution in [2.45, 2.75) is 6.92 Å². The van der Waals surface area contributed by atoms with Crippen LogP contribution in [0.25, 0.3) is 10.2 Å². The Morgan fingerprint density at radius 3 is 2.68 bits per heavy atom. The quantitative estimate of drug-likeness (QED) is 0.451. The zero-order valence-corrected chi connectivity index (χ0v) is 16.9. The Morgan fingerprint density at radius 1 is 1.14 bits per heavy atom. The number of anilines is 2. The van der Waals surface area contributed by atoms with Crippen molar-refractivity contribution in [1.82, 2.24) is 9.97 Å². The van der Waals surface area contributed by atoms with Crippen molar-refractivity contribution in [3.63, 3.8) is 0 Å². The van der Waals surface area contributed by atoms with Crippen molar-refractivity contribution in [2.24, 2.45) is 0 Å². The van der Waals surface area contributed by atoms with Crippen LogP contribution in [0.4, 0.5) is 11.5 Å². The van der Waals surface area contributed by atoms with Gasteiger partial charge >= 0.3 is 5.97 Å². The predicted molar refractivity (Wildman–Crippen MR) is 107 cm³/mol. The monoisotopic (exact) mass is 403 g/mol. The first-order valence-electron chi connectivity index (χ1n) is 8.48. The standard InChI is InChI=1S/C19H21N3O5S/c1-11-15-17(22-13-9-12(25-3)5-6-14(13)26-4)20-10-21-18(15)28-16(11)19(23)27-8-7-24-2/h5-6,9-10H,7-8H2,1-4H3,(H,20,21,22). The Hall–Kier alpha value is -2.91. The van der Waals surface area contributed by atoms with Gasteiger partial charge in [0.15, 0.2) is 0 Å². The zero-order chi connectivity index (χ0) is 20.1. The van der Waals surface area contributed by atoms with E-state index in [1.54, 1.807) is 27.4 Å². The number of hydrogen-bond acceptors (Lipinski definition) is 9. The number of carbonyl (C=O) groups is 1. The molecule has 28 heavy (non-hydrogen) atoms. The highest BCUT2D eigenvalue weighted by Gasteiger charge is 2.21. The highest BCUT2D eigenvalue weighted by atomic mass is 32.1. The number of aryl methyl sites for hydroxylation is 1. The fourth-order valence-corrected chi connectivity index (χ4v) is 3.73. The lowest BCUT2D eigenvalue weighted by atomic mass is 10.2. The molecule has 0 spiro atoms. The summed E-state index contributed by atoms with van der Waals surface area (Å²) in [6, 6.07) is 5.43. The summed E-state index contributed by atoms with van der Waals surface area (Å²) in [7, 11) is 4.74. The van der Waals surface area contributed by atoms with Gasteiger partial charge < -0.3 is 24.3 Å². The third-order valence-corrected chi connectivity index (χ3v) is 5.27. The largest absolute Gasteiger partial charge is 0.497 e. The molecule has 0 aliphatic heterocycles. The van der Waals surface area contributed by atoms with E-state index < -0.39 is 5.97 Å². The summed E-state index contributed by atoms with van der Waals surface area (Å²) in [4.78, 5) is 22.2. The van der Waals surface area contributed by atoms with Gasteiger partial charge in [0.2, 0.25) is 0 Å². The molecule has 0 fully saturated rings. The van der Waals surface area contributed by atoms with Crippen molar-refractivity contribution < 1.29 is 23.7 Å². The van der Waals surface area contributed by atoms with Crippen LogP contribution in [0, 0.1) is 6.92 Å². The van der Waals surface area contributed by atoms with Crippen LogP contribution in [0.2, 0.25) is 0 Å². The first-order chi connectivity index (χ1) is 13.6. The van der Waals surface area contributed by atoms with Crippen molar-refractivity contribution in [3.05, 3.63) is 35.0 Å². The van der Waals surface area contributed by atoms with E-state index in [0.29, 0.717) is 39.3 Å². The van der Waals surface area contributed by atoms with Crippen LogP contribution in [-0.4, -0.2) is 50.5 Å². The number of aromatic nitrogens is 2. The molecule has 2 heterocycles. The molecule has 8 nitrogen and oxygen atoms in total. The molecule has 1 aromatic carbocycles. The van der Waals surface area contributed by atoms with Crippen LogP contribution in [-0.2, 0) is 9.47 Å². The van der Waals surface area contributed by atoms with Crippen molar-refractivity contribution >= 4 is 39.0 Å². The number of nitrogens with zero attached hydrogens (tertiary/aromatic N) is 2. The SMILES string of the molecule is COCCOC(=O)c1sc2ncnc(Nc3cc(OC)ccc3OC)c2c1C. The Kier molecular flexibility index (Phi) is 6.27. The summed E-state index contributed by atoms with van der Waals surface area (Å²) < 4.78 is 20.9. The Labute approximate surface area is 166 Å². The number of rotatable bonds is 8. The average Bonchev–Trinajstić information content (AvgIpc) is 3.05. The molecule has 0 amide bonds. The number of thiophene rings is 1. The van der Waals surface area contributed by atoms with E-state index >= 15 is 0 Å². The second-order valence-corrected chi connectivity index (χ2v) is 6.78. The Balaban J connectivity index is 1.98. The average molecular weight is 403 g/mol. The summed E-state index contributed by atoms with van der Waals surface area (Å²) in [6.07, 6.45) is 1.45. The molecule has 0 saturated heterocycles. The van der Waals surface area contributed by atoms with Crippen molar-refractivity contribution in [1.29, 1.82) is 0 Å². The second-order valence-electron chi connectivity index (χ2n) is 5.78. The van der Waals surface area contributed by atoms with Gasteiger partial charge in [-0.05, 0) is 24.6 Å². The molecule has 3 rings (SSSR count). The molecule has 2 aromatic heterocycles. The van der Waals surface area contributed by atoms with Crippen molar-refractivity contribution in [2.75, 3.05) is 39.9 Å². The van der Waals surface area contributed by atoms with Crippen molar-refractivity contribution in [3.8, 4) is 11.5 Å². The van der Waals surface area contributed by atoms with Gasteiger partial charge in [-0.15, -0.1) is 11.3 Å². The van der Waals surface area contributed by atoms with Crippen LogP contribution in [0.5, 0.6) is 11.5 Å². The van der Waals surface area contributed by atoms with E-state index in [1.807, 2.05) is 19.1 Å². The Bertz CT molecular complexity index is 989. The maximum Gasteiger partial charge on any atom is 0.348 e. The second kappa shape index (κ2) is 8.85. The fraction of sp³-hybridized carbons (Fsp3) is 0.316. The first-order valence-corrected chi connectivity index (χ1v) is 9.29. The molecular formula is C19H21N3O5S. The number of carbonyl (C=O) groups excluding carboxylic acids is 1. The number of nitrogens with one attached hydrogen (secondary N) is 1. The maximum absolute atomic E-state index is 12.4. The van der Waals surface area contributed by atoms with Gasteiger partial charge in [0.05, 0.1) is 31.9 Å². The van der Waals surface area contributed by atoms with Gasteiger partial charge in [0, 0.05) is 13.2 Å². The van der Waals surface area contributed by atoms with Gasteiger partial charge in [-0.25, -0.2) is 14.8 Å². The van der Waals surface area contributed by atoms with Crippen LogP contribution in [0.15, 0.2) is 24.5 Å². The number of fused-ring (bicyclic) bond motifs is 1. The van der Waals surface area contributed by atoms with Crippen LogP contribution in [0.3, 0.4) is 0 Å². The van der Waals surface area contributed by atoms with Gasteiger partial charge in [-0.3, -0.25) is 0 Å². The molecule has 148 valence electrons. The zero-order valence-electron chi connectivity index (χ0n) is 16.1. The maximum atomic E-state index is 12.4. The molecule has 3 aromatic rings. The minimum Gasteiger partial charge on any atom is -0.497 e. The summed E-state index contributed by atoms with van der Waals surface area (Å²) in [6.45, 7) is 2.39. The van der Waals surface area contributed by atoms with Gasteiger partial charge in [-0.2, -0.15) is 0 Å². The first kappa shape index (κ1) is 19.8. The number of esters is 1. The van der Waals surface area contributed by atoms with Gasteiger partial charge in [0.1, 0.15) is 40.0 Å². The minimum atomic E-state index is -0.400. The molecule has 0 atom stereocenters. The van der Waals surface area contributed by atoms with Crippen LogP contribution < -0.4 is 14.8 Å². The van der Waals surface area contributed by atoms with E-state index in [4.69, 9.17) is 18.9 Å². The molecule has 1 N–H and O–H groups in total. The molecule has 0 unspecified atom stereocenters. The molecule has 0 aliphatic carbocycles. The van der Waals surface area contributed by atoms with Crippen LogP contribution in [0.1, 0.15) is 15.2 Å². The third kappa shape index (κ3) is 4.00. The molecule has 0 saturated carbocycles. The molecule has 0 radical (unpaired) electrons. The summed E-state index contributed by atoms with van der Waals surface area (Å²) in [5.74, 6) is 1.49. The molecular weight excluding hydrogens is 382 g/mol. The summed E-state index contributed by atoms with van der Waals surface area (Å²) in [5, 5.41) is 4.03. The molecule has 9 heteroatoms. The highest BCUT2D eigenvalue weighted by molar-refractivity contribution is 7.20. The third-order valence-electron chi connectivity index (χ3n) is 4.09. The summed E-state index contributed by atoms with van der Waals surface area (Å²) >= 11 is 1.27. The number of ether oxygens (including phenoxy) is 4. The number of benzene rings is 1. The smallest absolute Gasteiger partial charge is 0.348 e. The fourth-order valence-electron chi connectivity index (χ4n) is 2.68. The number of methoxy groups -OCH3 is 3. The Morgan fingerprint density at radius 2 is 1.96 bits per heavy atom. The molecule has 0 bridgehead atoms. The van der Waals surface area contributed by atoms with Gasteiger partial charge in [0.25, 0.3) is 0 Å². The van der Waals surface area contributed by atoms with E-state index in [9.17, 15) is 4.79 Å².